The van der Waals surface area contributed by atoms with Crippen LogP contribution in [0.1, 0.15) is 32.1 Å². The molecule has 1 atom stereocenters. The average molecular weight is 309 g/mol. The monoisotopic (exact) mass is 309 g/mol. The molecule has 0 aromatic rings. The van der Waals surface area contributed by atoms with E-state index in [9.17, 15) is 9.59 Å². The van der Waals surface area contributed by atoms with Gasteiger partial charge in [0.15, 0.2) is 0 Å². The number of hydrogen-bond acceptors (Lipinski definition) is 3. The van der Waals surface area contributed by atoms with Crippen LogP contribution in [0.5, 0.6) is 0 Å². The normalized spacial score (nSPS) is 19.5. The van der Waals surface area contributed by atoms with E-state index in [2.05, 4.69) is 36.2 Å². The van der Waals surface area contributed by atoms with E-state index in [1.54, 1.807) is 0 Å². The van der Waals surface area contributed by atoms with Gasteiger partial charge in [-0.15, -0.1) is 11.8 Å². The molecule has 5 heteroatoms. The zero-order valence-corrected chi connectivity index (χ0v) is 14.7. The molecule has 0 aliphatic carbocycles. The van der Waals surface area contributed by atoms with Crippen molar-refractivity contribution in [1.29, 1.82) is 0 Å². The summed E-state index contributed by atoms with van der Waals surface area (Å²) in [5.41, 5.74) is 0. The quantitative estimate of drug-likeness (QED) is 0.592. The van der Waals surface area contributed by atoms with Crippen molar-refractivity contribution in [3.63, 3.8) is 0 Å². The van der Waals surface area contributed by atoms with Gasteiger partial charge in [-0.2, -0.15) is 0 Å². The maximum atomic E-state index is 12.4. The number of hydrogen-bond donors (Lipinski definition) is 0. The molecule has 0 spiro atoms. The SMILES string of the molecule is COC(=O)N1CCCCC(CCC#CC[Si](C)(C)C)C1=O. The fourth-order valence-corrected chi connectivity index (χ4v) is 2.99. The standard InChI is InChI=1S/C16H27NO3Si/c1-20-16(19)17-12-8-7-11-14(15(17)18)10-6-5-9-13-21(2,3)4/h14H,6-8,10-13H2,1-4H3. The van der Waals surface area contributed by atoms with Crippen LogP contribution in [0, 0.1) is 17.8 Å². The predicted molar refractivity (Wildman–Crippen MR) is 86.6 cm³/mol. The van der Waals surface area contributed by atoms with Crippen LogP contribution in [0.2, 0.25) is 25.7 Å². The number of likely N-dealkylation sites (tertiary alicyclic amines) is 1. The van der Waals surface area contributed by atoms with Crippen LogP contribution in [-0.2, 0) is 9.53 Å². The summed E-state index contributed by atoms with van der Waals surface area (Å²) in [6.07, 6.45) is 3.63. The van der Waals surface area contributed by atoms with Gasteiger partial charge in [0.05, 0.1) is 15.2 Å². The van der Waals surface area contributed by atoms with Crippen molar-refractivity contribution >= 4 is 20.1 Å². The summed E-state index contributed by atoms with van der Waals surface area (Å²) in [4.78, 5) is 25.2. The van der Waals surface area contributed by atoms with Gasteiger partial charge in [-0.1, -0.05) is 26.1 Å². The van der Waals surface area contributed by atoms with E-state index in [0.29, 0.717) is 6.54 Å². The van der Waals surface area contributed by atoms with Gasteiger partial charge in [0.2, 0.25) is 5.91 Å². The van der Waals surface area contributed by atoms with E-state index >= 15 is 0 Å². The predicted octanol–water partition coefficient (Wildman–Crippen LogP) is 3.50. The van der Waals surface area contributed by atoms with Crippen molar-refractivity contribution in [3.05, 3.63) is 0 Å². The molecule has 0 N–H and O–H groups in total. The first-order valence-electron chi connectivity index (χ1n) is 7.70. The number of carbonyl (C=O) groups excluding carboxylic acids is 2. The number of amides is 2. The first-order valence-corrected chi connectivity index (χ1v) is 11.4. The lowest BCUT2D eigenvalue weighted by Crippen LogP contribution is -2.39. The average Bonchev–Trinajstić information content (AvgIpc) is 2.59. The number of nitrogens with zero attached hydrogens (tertiary/aromatic N) is 1. The van der Waals surface area contributed by atoms with E-state index in [1.807, 2.05) is 0 Å². The summed E-state index contributed by atoms with van der Waals surface area (Å²) in [7, 11) is 0.208. The van der Waals surface area contributed by atoms with Gasteiger partial charge in [-0.25, -0.2) is 9.69 Å². The molecule has 4 nitrogen and oxygen atoms in total. The summed E-state index contributed by atoms with van der Waals surface area (Å²) in [5.74, 6) is 6.24. The van der Waals surface area contributed by atoms with E-state index in [1.165, 1.54) is 12.0 Å². The van der Waals surface area contributed by atoms with Crippen molar-refractivity contribution < 1.29 is 14.3 Å². The third-order valence-electron chi connectivity index (χ3n) is 3.56. The summed E-state index contributed by atoms with van der Waals surface area (Å²) in [6, 6.07) is 1.000. The molecular formula is C16H27NO3Si. The highest BCUT2D eigenvalue weighted by atomic mass is 28.3. The highest BCUT2D eigenvalue weighted by molar-refractivity contribution is 6.76. The summed E-state index contributed by atoms with van der Waals surface area (Å²) in [5, 5.41) is 0. The van der Waals surface area contributed by atoms with Gasteiger partial charge < -0.3 is 4.74 Å². The van der Waals surface area contributed by atoms with Crippen LogP contribution in [0.3, 0.4) is 0 Å². The van der Waals surface area contributed by atoms with E-state index in [-0.39, 0.29) is 11.8 Å². The Balaban J connectivity index is 2.53. The van der Waals surface area contributed by atoms with Gasteiger partial charge in [-0.3, -0.25) is 4.79 Å². The number of ether oxygens (including phenoxy) is 1. The minimum atomic E-state index is -1.11. The van der Waals surface area contributed by atoms with Crippen LogP contribution in [-0.4, -0.2) is 38.6 Å². The first-order chi connectivity index (χ1) is 9.85. The second kappa shape index (κ2) is 8.23. The van der Waals surface area contributed by atoms with Crippen LogP contribution in [0.4, 0.5) is 4.79 Å². The molecule has 1 aliphatic heterocycles. The van der Waals surface area contributed by atoms with Crippen LogP contribution in [0.25, 0.3) is 0 Å². The van der Waals surface area contributed by atoms with Crippen molar-refractivity contribution in [2.75, 3.05) is 13.7 Å². The number of methoxy groups -OCH3 is 1. The molecule has 1 rings (SSSR count). The molecule has 0 radical (unpaired) electrons. The second-order valence-corrected chi connectivity index (χ2v) is 12.3. The molecule has 0 bridgehead atoms. The smallest absolute Gasteiger partial charge is 0.416 e. The summed E-state index contributed by atoms with van der Waals surface area (Å²) >= 11 is 0. The van der Waals surface area contributed by atoms with E-state index < -0.39 is 14.2 Å². The largest absolute Gasteiger partial charge is 0.452 e. The van der Waals surface area contributed by atoms with E-state index in [0.717, 1.165) is 38.1 Å². The van der Waals surface area contributed by atoms with Crippen LogP contribution >= 0.6 is 0 Å². The molecule has 0 aromatic heterocycles. The molecule has 1 fully saturated rings. The molecule has 21 heavy (non-hydrogen) atoms. The van der Waals surface area contributed by atoms with Crippen molar-refractivity contribution in [3.8, 4) is 11.8 Å². The van der Waals surface area contributed by atoms with Gasteiger partial charge in [-0.05, 0) is 19.3 Å². The lowest BCUT2D eigenvalue weighted by atomic mass is 9.97. The molecule has 2 amide bonds. The van der Waals surface area contributed by atoms with Crippen molar-refractivity contribution in [2.24, 2.45) is 5.92 Å². The summed E-state index contributed by atoms with van der Waals surface area (Å²) < 4.78 is 4.69. The fourth-order valence-electron chi connectivity index (χ4n) is 2.34. The Morgan fingerprint density at radius 2 is 2.05 bits per heavy atom. The Morgan fingerprint density at radius 3 is 2.67 bits per heavy atom. The minimum Gasteiger partial charge on any atom is -0.452 e. The molecule has 0 aromatic carbocycles. The fraction of sp³-hybridized carbons (Fsp3) is 0.750. The third kappa shape index (κ3) is 6.34. The summed E-state index contributed by atoms with van der Waals surface area (Å²) in [6.45, 7) is 7.36. The van der Waals surface area contributed by atoms with Gasteiger partial charge in [0.25, 0.3) is 0 Å². The van der Waals surface area contributed by atoms with Crippen LogP contribution in [0.15, 0.2) is 0 Å². The van der Waals surface area contributed by atoms with Gasteiger partial charge >= 0.3 is 6.09 Å². The number of imide groups is 1. The lowest BCUT2D eigenvalue weighted by molar-refractivity contribution is -0.133. The molecule has 1 saturated heterocycles. The first kappa shape index (κ1) is 17.8. The molecule has 1 aliphatic rings. The lowest BCUT2D eigenvalue weighted by Gasteiger charge is -2.20. The van der Waals surface area contributed by atoms with E-state index in [4.69, 9.17) is 0 Å². The highest BCUT2D eigenvalue weighted by Crippen LogP contribution is 2.22. The Bertz CT molecular complexity index is 431. The number of carbonyl (C=O) groups is 2. The minimum absolute atomic E-state index is 0.0900. The number of rotatable bonds is 3. The Morgan fingerprint density at radius 1 is 1.33 bits per heavy atom. The van der Waals surface area contributed by atoms with Crippen LogP contribution < -0.4 is 0 Å². The third-order valence-corrected chi connectivity index (χ3v) is 4.79. The van der Waals surface area contributed by atoms with Crippen molar-refractivity contribution in [2.45, 2.75) is 57.8 Å². The van der Waals surface area contributed by atoms with Crippen molar-refractivity contribution in [1.82, 2.24) is 4.90 Å². The topological polar surface area (TPSA) is 46.6 Å². The maximum Gasteiger partial charge on any atom is 0.416 e. The molecule has 0 saturated carbocycles. The van der Waals surface area contributed by atoms with Gasteiger partial charge in [0, 0.05) is 24.9 Å². The van der Waals surface area contributed by atoms with Gasteiger partial charge in [0.1, 0.15) is 0 Å². The zero-order valence-electron chi connectivity index (χ0n) is 13.7. The Labute approximate surface area is 129 Å². The Kier molecular flexibility index (Phi) is 6.96. The Hall–Kier alpha value is -1.28. The maximum absolute atomic E-state index is 12.4. The highest BCUT2D eigenvalue weighted by Gasteiger charge is 2.30. The molecule has 1 heterocycles. The molecule has 1 unspecified atom stereocenters. The molecular weight excluding hydrogens is 282 g/mol. The second-order valence-electron chi connectivity index (χ2n) is 6.78. The zero-order chi connectivity index (χ0) is 15.9. The molecule has 118 valence electrons.